The van der Waals surface area contributed by atoms with Crippen LogP contribution >= 0.6 is 11.3 Å². The van der Waals surface area contributed by atoms with Crippen LogP contribution in [0.3, 0.4) is 0 Å². The van der Waals surface area contributed by atoms with Gasteiger partial charge in [0.05, 0.1) is 30.1 Å². The van der Waals surface area contributed by atoms with Crippen LogP contribution in [0.25, 0.3) is 0 Å². The second-order valence-electron chi connectivity index (χ2n) is 5.70. The van der Waals surface area contributed by atoms with Gasteiger partial charge in [0.25, 0.3) is 5.91 Å². The minimum absolute atomic E-state index is 0.0181. The highest BCUT2D eigenvalue weighted by atomic mass is 32.1. The lowest BCUT2D eigenvalue weighted by Crippen LogP contribution is -2.33. The Bertz CT molecular complexity index is 662. The summed E-state index contributed by atoms with van der Waals surface area (Å²) in [6, 6.07) is 0. The highest BCUT2D eigenvalue weighted by Gasteiger charge is 2.24. The number of hydrogen-bond acceptors (Lipinski definition) is 4. The molecule has 0 aliphatic heterocycles. The van der Waals surface area contributed by atoms with Crippen molar-refractivity contribution in [1.82, 2.24) is 14.9 Å². The fraction of sp³-hybridized carbons (Fsp3) is 0.500. The number of nitrogens with one attached hydrogen (secondary N) is 1. The van der Waals surface area contributed by atoms with E-state index >= 15 is 0 Å². The van der Waals surface area contributed by atoms with Gasteiger partial charge in [0.2, 0.25) is 0 Å². The van der Waals surface area contributed by atoms with Crippen LogP contribution in [0.5, 0.6) is 0 Å². The molecule has 22 heavy (non-hydrogen) atoms. The molecule has 0 saturated carbocycles. The summed E-state index contributed by atoms with van der Waals surface area (Å²) in [6.45, 7) is 2.67. The number of hydrogen-bond donors (Lipinski definition) is 2. The molecule has 0 bridgehead atoms. The maximum atomic E-state index is 12.9. The molecule has 0 aromatic carbocycles. The van der Waals surface area contributed by atoms with Crippen molar-refractivity contribution in [3.8, 4) is 0 Å². The standard InChI is InChI=1S/C16H21N3O2S/c1-11-14(18-10-17-11)8-19(6-7-20)16(21)15-13-5-3-2-4-12(13)9-22-15/h9-10,20H,2-8H2,1H3,(H,17,18). The fourth-order valence-corrected chi connectivity index (χ4v) is 4.07. The molecular weight excluding hydrogens is 298 g/mol. The van der Waals surface area contributed by atoms with Gasteiger partial charge in [0, 0.05) is 12.2 Å². The zero-order chi connectivity index (χ0) is 15.5. The van der Waals surface area contributed by atoms with E-state index in [9.17, 15) is 9.90 Å². The van der Waals surface area contributed by atoms with Crippen molar-refractivity contribution in [3.63, 3.8) is 0 Å². The van der Waals surface area contributed by atoms with Gasteiger partial charge in [-0.25, -0.2) is 4.98 Å². The van der Waals surface area contributed by atoms with E-state index in [1.165, 1.54) is 17.5 Å². The lowest BCUT2D eigenvalue weighted by molar-refractivity contribution is 0.0709. The number of carbonyl (C=O) groups excluding carboxylic acids is 1. The van der Waals surface area contributed by atoms with Gasteiger partial charge >= 0.3 is 0 Å². The first kappa shape index (κ1) is 15.2. The van der Waals surface area contributed by atoms with E-state index < -0.39 is 0 Å². The van der Waals surface area contributed by atoms with Gasteiger partial charge < -0.3 is 15.0 Å². The van der Waals surface area contributed by atoms with Crippen LogP contribution in [0.4, 0.5) is 0 Å². The number of carbonyl (C=O) groups is 1. The van der Waals surface area contributed by atoms with Crippen LogP contribution in [-0.2, 0) is 19.4 Å². The summed E-state index contributed by atoms with van der Waals surface area (Å²) in [7, 11) is 0. The Balaban J connectivity index is 1.83. The second kappa shape index (κ2) is 6.62. The molecule has 0 radical (unpaired) electrons. The Morgan fingerprint density at radius 1 is 1.45 bits per heavy atom. The molecule has 1 aliphatic carbocycles. The molecule has 0 spiro atoms. The van der Waals surface area contributed by atoms with Gasteiger partial charge in [-0.3, -0.25) is 4.79 Å². The summed E-state index contributed by atoms with van der Waals surface area (Å²) in [4.78, 5) is 22.7. The van der Waals surface area contributed by atoms with Crippen molar-refractivity contribution < 1.29 is 9.90 Å². The number of fused-ring (bicyclic) bond motifs is 1. The maximum absolute atomic E-state index is 12.9. The van der Waals surface area contributed by atoms with Crippen LogP contribution in [-0.4, -0.2) is 39.0 Å². The molecule has 118 valence electrons. The third-order valence-electron chi connectivity index (χ3n) is 4.23. The average molecular weight is 319 g/mol. The van der Waals surface area contributed by atoms with E-state index in [0.717, 1.165) is 35.5 Å². The van der Waals surface area contributed by atoms with E-state index in [0.29, 0.717) is 13.1 Å². The normalized spacial score (nSPS) is 13.9. The molecule has 0 atom stereocenters. The number of aromatic nitrogens is 2. The van der Waals surface area contributed by atoms with E-state index in [1.807, 2.05) is 6.92 Å². The van der Waals surface area contributed by atoms with E-state index in [2.05, 4.69) is 15.3 Å². The molecule has 2 N–H and O–H groups in total. The molecule has 2 heterocycles. The Hall–Kier alpha value is -1.66. The van der Waals surface area contributed by atoms with Gasteiger partial charge in [0.1, 0.15) is 0 Å². The van der Waals surface area contributed by atoms with Crippen LogP contribution < -0.4 is 0 Å². The van der Waals surface area contributed by atoms with Crippen molar-refractivity contribution in [2.24, 2.45) is 0 Å². The lowest BCUT2D eigenvalue weighted by Gasteiger charge is -2.22. The van der Waals surface area contributed by atoms with Crippen molar-refractivity contribution >= 4 is 17.2 Å². The molecule has 6 heteroatoms. The minimum Gasteiger partial charge on any atom is -0.395 e. The van der Waals surface area contributed by atoms with E-state index in [4.69, 9.17) is 0 Å². The molecule has 1 amide bonds. The lowest BCUT2D eigenvalue weighted by atomic mass is 9.93. The summed E-state index contributed by atoms with van der Waals surface area (Å²) in [5.41, 5.74) is 4.37. The van der Waals surface area contributed by atoms with Crippen LogP contribution in [0.1, 0.15) is 45.0 Å². The molecule has 1 aliphatic rings. The zero-order valence-electron chi connectivity index (χ0n) is 12.8. The first-order valence-corrected chi connectivity index (χ1v) is 8.57. The molecule has 2 aromatic heterocycles. The topological polar surface area (TPSA) is 69.2 Å². The fourth-order valence-electron chi connectivity index (χ4n) is 2.94. The van der Waals surface area contributed by atoms with Gasteiger partial charge in [0.15, 0.2) is 0 Å². The summed E-state index contributed by atoms with van der Waals surface area (Å²) in [6.07, 6.45) is 6.08. The first-order valence-electron chi connectivity index (χ1n) is 7.69. The molecular formula is C16H21N3O2S. The molecule has 0 fully saturated rings. The summed E-state index contributed by atoms with van der Waals surface area (Å²) in [5.74, 6) is 0.0181. The van der Waals surface area contributed by atoms with Crippen molar-refractivity contribution in [3.05, 3.63) is 39.1 Å². The molecule has 2 aromatic rings. The number of aromatic amines is 1. The smallest absolute Gasteiger partial charge is 0.264 e. The number of rotatable bonds is 5. The first-order chi connectivity index (χ1) is 10.7. The van der Waals surface area contributed by atoms with Gasteiger partial charge in [-0.15, -0.1) is 11.3 Å². The Morgan fingerprint density at radius 3 is 3.00 bits per heavy atom. The summed E-state index contributed by atoms with van der Waals surface area (Å²) < 4.78 is 0. The third-order valence-corrected chi connectivity index (χ3v) is 5.29. The van der Waals surface area contributed by atoms with Crippen molar-refractivity contribution in [1.29, 1.82) is 0 Å². The number of nitrogens with zero attached hydrogens (tertiary/aromatic N) is 2. The number of imidazole rings is 1. The van der Waals surface area contributed by atoms with Crippen LogP contribution in [0.2, 0.25) is 0 Å². The number of H-pyrrole nitrogens is 1. The highest BCUT2D eigenvalue weighted by molar-refractivity contribution is 7.12. The van der Waals surface area contributed by atoms with E-state index in [1.54, 1.807) is 22.6 Å². The monoisotopic (exact) mass is 319 g/mol. The number of amides is 1. The van der Waals surface area contributed by atoms with Crippen LogP contribution in [0.15, 0.2) is 11.7 Å². The number of thiophene rings is 1. The molecule has 0 unspecified atom stereocenters. The van der Waals surface area contributed by atoms with Crippen LogP contribution in [0, 0.1) is 6.92 Å². The zero-order valence-corrected chi connectivity index (χ0v) is 13.6. The van der Waals surface area contributed by atoms with E-state index in [-0.39, 0.29) is 12.5 Å². The quantitative estimate of drug-likeness (QED) is 0.888. The Kier molecular flexibility index (Phi) is 4.59. The van der Waals surface area contributed by atoms with Crippen molar-refractivity contribution in [2.75, 3.05) is 13.2 Å². The SMILES string of the molecule is Cc1[nH]cnc1CN(CCO)C(=O)c1scc2c1CCCC2. The maximum Gasteiger partial charge on any atom is 0.264 e. The third kappa shape index (κ3) is 2.94. The van der Waals surface area contributed by atoms with Gasteiger partial charge in [-0.05, 0) is 49.1 Å². The average Bonchev–Trinajstić information content (AvgIpc) is 3.13. The Morgan fingerprint density at radius 2 is 2.27 bits per heavy atom. The predicted octanol–water partition coefficient (Wildman–Crippen LogP) is 2.29. The Labute approximate surface area is 134 Å². The van der Waals surface area contributed by atoms with Gasteiger partial charge in [-0.2, -0.15) is 0 Å². The molecule has 3 rings (SSSR count). The van der Waals surface area contributed by atoms with Gasteiger partial charge in [-0.1, -0.05) is 0 Å². The number of aliphatic hydroxyl groups excluding tert-OH is 1. The molecule has 0 saturated heterocycles. The predicted molar refractivity (Wildman–Crippen MR) is 86.1 cm³/mol. The largest absolute Gasteiger partial charge is 0.395 e. The highest BCUT2D eigenvalue weighted by Crippen LogP contribution is 2.31. The summed E-state index contributed by atoms with van der Waals surface area (Å²) in [5, 5.41) is 11.4. The minimum atomic E-state index is -0.0389. The van der Waals surface area contributed by atoms with Crippen molar-refractivity contribution in [2.45, 2.75) is 39.2 Å². The number of aliphatic hydroxyl groups is 1. The number of aryl methyl sites for hydroxylation is 2. The molecule has 5 nitrogen and oxygen atoms in total. The second-order valence-corrected chi connectivity index (χ2v) is 6.58. The summed E-state index contributed by atoms with van der Waals surface area (Å²) >= 11 is 1.54.